The minimum absolute atomic E-state index is 0.0157. The first kappa shape index (κ1) is 105. The third kappa shape index (κ3) is 26.4. The fraction of sp³-hybridized carbons (Fsp3) is 0.186. The van der Waals surface area contributed by atoms with Gasteiger partial charge in [0.25, 0.3) is 11.2 Å². The molecule has 680 valence electrons. The summed E-state index contributed by atoms with van der Waals surface area (Å²) >= 11 is 46.0. The molecule has 58 heteroatoms. The summed E-state index contributed by atoms with van der Waals surface area (Å²) in [5.41, 5.74) is -18.0. The van der Waals surface area contributed by atoms with Gasteiger partial charge in [-0.2, -0.15) is 142 Å². The van der Waals surface area contributed by atoms with Crippen molar-refractivity contribution >= 4 is 187 Å². The van der Waals surface area contributed by atoms with Crippen molar-refractivity contribution < 1.29 is 134 Å². The number of nitrogens with two attached hydrogens (primary N) is 1. The standard InChI is InChI=1S/C22H12Cl2F6N4O2S.C20H10Cl2F6N4O3S.C15H8Cl2F6N4O2S.C13H7Cl2F5N4S/c1-36-17-7-11(4-5-16(17)35)3-2-6-32-20-19(37-22(28,29)30)15(10-31)33-34(20)18-13(23)8-12(9-14(18)24)21(25,26)27;1-35-15-4-9(2-3-14(15)33)8-30-18-17(36(34)20(26,27)28)13(7-29)31-32(18)16-11(21)5-10(6-12(16)22)19(23,24)25;1-29-5-10(28)25-13-12(30-15(21,22)23)9(4-24)26-27(13)11-7(16)2-6(3-8(11)17)14(18,19)20;1-12(16,17)25-10-8(4-21)23-24(11(10)22)9-6(14)2-5(3-7(9)15)13(18,19)20/h2-9,35H,1H3;2-6,8,33H,1H3;2-3H,5H2,1H3,(H,25,28);2-3H,22H2,1H3/b3-2+,32-6?;;;. The number of nitrogens with one attached hydrogen (secondary N) is 1. The molecule has 0 bridgehead atoms. The van der Waals surface area contributed by atoms with Crippen LogP contribution in [0.5, 0.6) is 23.0 Å². The Morgan fingerprint density at radius 2 is 0.836 bits per heavy atom. The largest absolute Gasteiger partial charge is 0.504 e. The molecule has 0 radical (unpaired) electrons. The van der Waals surface area contributed by atoms with Gasteiger partial charge in [-0.05, 0) is 131 Å². The Morgan fingerprint density at radius 1 is 0.492 bits per heavy atom. The maximum Gasteiger partial charge on any atom is 0.476 e. The van der Waals surface area contributed by atoms with Gasteiger partial charge in [0.15, 0.2) is 74.0 Å². The third-order valence-corrected chi connectivity index (χ3v) is 21.0. The molecule has 0 spiro atoms. The van der Waals surface area contributed by atoms with E-state index in [1.165, 1.54) is 81.0 Å². The van der Waals surface area contributed by atoms with E-state index in [0.29, 0.717) is 75.1 Å². The number of aromatic nitrogens is 8. The molecule has 0 saturated carbocycles. The molecule has 4 heterocycles. The predicted octanol–water partition coefficient (Wildman–Crippen LogP) is 24.6. The molecule has 0 aliphatic rings. The summed E-state index contributed by atoms with van der Waals surface area (Å²) < 4.78 is 330. The number of phenolic OH excluding ortho intramolecular Hbond substituents is 2. The van der Waals surface area contributed by atoms with Crippen LogP contribution in [0.1, 0.15) is 63.1 Å². The van der Waals surface area contributed by atoms with Crippen molar-refractivity contribution in [2.75, 3.05) is 39.0 Å². The number of rotatable bonds is 19. The van der Waals surface area contributed by atoms with Crippen LogP contribution in [-0.4, -0.2) is 122 Å². The number of nitrogens with zero attached hydrogens (tertiary/aromatic N) is 14. The summed E-state index contributed by atoms with van der Waals surface area (Å²) in [7, 11) is -0.0989. The zero-order valence-corrected chi connectivity index (χ0v) is 71.5. The fourth-order valence-electron chi connectivity index (χ4n) is 9.87. The van der Waals surface area contributed by atoms with Crippen LogP contribution in [-0.2, 0) is 45.0 Å². The van der Waals surface area contributed by atoms with Gasteiger partial charge in [0.1, 0.15) is 64.3 Å². The van der Waals surface area contributed by atoms with Gasteiger partial charge in [0.05, 0.1) is 91.3 Å². The van der Waals surface area contributed by atoms with Crippen molar-refractivity contribution in [3.05, 3.63) is 187 Å². The Bertz CT molecular complexity index is 6110. The summed E-state index contributed by atoms with van der Waals surface area (Å²) in [5, 5.41) is 65.1. The van der Waals surface area contributed by atoms with Crippen LogP contribution >= 0.6 is 128 Å². The first-order chi connectivity index (χ1) is 59.1. The SMILES string of the molecule is CC(F)(F)Sc1c(C#N)nn(-c2c(Cl)cc(C(F)(F)F)cc2Cl)c1N.COCC(=O)Nc1c(SC(F)(F)F)c(C#N)nn1-c1c(Cl)cc(C(F)(F)F)cc1Cl.COc1cc(/C=C/C=Nc2c(SC(F)(F)F)c(C#N)nn2-c2c(Cl)cc(C(F)(F)F)cc2Cl)ccc1O.COc1cc(C=Nc2c(S(=O)C(F)(F)F)c(C#N)nn2-c2c(Cl)cc(C(F)(F)F)cc2Cl)ccc1O. The normalized spacial score (nSPS) is 12.5. The Balaban J connectivity index is 0.000000236. The molecular weight excluding hydrogens is 2030 g/mol. The molecule has 0 saturated heterocycles. The number of allylic oxidation sites excluding steroid dienone is 1. The number of carbonyl (C=O) groups excluding carboxylic acids is 1. The minimum atomic E-state index is -5.35. The van der Waals surface area contributed by atoms with Crippen LogP contribution in [0, 0.1) is 45.3 Å². The van der Waals surface area contributed by atoms with E-state index in [0.717, 1.165) is 24.2 Å². The summed E-state index contributed by atoms with van der Waals surface area (Å²) in [4.78, 5) is 16.7. The van der Waals surface area contributed by atoms with Crippen molar-refractivity contribution in [2.24, 2.45) is 9.98 Å². The number of aromatic hydroxyl groups is 2. The van der Waals surface area contributed by atoms with Gasteiger partial charge in [-0.3, -0.25) is 4.79 Å². The average Bonchev–Trinajstić information content (AvgIpc) is 1.61. The summed E-state index contributed by atoms with van der Waals surface area (Å²) in [6.45, 7) is 0.0192. The minimum Gasteiger partial charge on any atom is -0.504 e. The highest BCUT2D eigenvalue weighted by atomic mass is 35.5. The molecular formula is C70H37Cl8F23N16O7S4. The number of hydrogen-bond donors (Lipinski definition) is 4. The third-order valence-electron chi connectivity index (χ3n) is 15.0. The van der Waals surface area contributed by atoms with E-state index in [4.69, 9.17) is 119 Å². The van der Waals surface area contributed by atoms with E-state index in [1.54, 1.807) is 6.07 Å². The topological polar surface area (TPSA) is 332 Å². The van der Waals surface area contributed by atoms with Gasteiger partial charge >= 0.3 is 41.2 Å². The van der Waals surface area contributed by atoms with Crippen LogP contribution < -0.4 is 20.5 Å². The van der Waals surface area contributed by atoms with Crippen LogP contribution in [0.25, 0.3) is 28.8 Å². The molecule has 1 amide bonds. The lowest BCUT2D eigenvalue weighted by atomic mass is 10.2. The van der Waals surface area contributed by atoms with Crippen LogP contribution in [0.2, 0.25) is 40.2 Å². The highest BCUT2D eigenvalue weighted by Gasteiger charge is 2.45. The molecule has 23 nitrogen and oxygen atoms in total. The Morgan fingerprint density at radius 3 is 1.21 bits per heavy atom. The summed E-state index contributed by atoms with van der Waals surface area (Å²) in [6.07, 6.45) is -14.3. The maximum atomic E-state index is 13.4. The van der Waals surface area contributed by atoms with Crippen molar-refractivity contribution in [3.8, 4) is 70.0 Å². The zero-order chi connectivity index (χ0) is 96.5. The van der Waals surface area contributed by atoms with Gasteiger partial charge in [0, 0.05) is 26.5 Å². The van der Waals surface area contributed by atoms with Crippen molar-refractivity contribution in [1.82, 2.24) is 39.1 Å². The second-order valence-corrected chi connectivity index (χ2v) is 31.9. The molecule has 6 aromatic carbocycles. The predicted molar refractivity (Wildman–Crippen MR) is 425 cm³/mol. The van der Waals surface area contributed by atoms with Crippen molar-refractivity contribution in [1.29, 1.82) is 21.0 Å². The van der Waals surface area contributed by atoms with E-state index in [-0.39, 0.29) is 50.9 Å². The average molecular weight is 2060 g/mol. The molecule has 128 heavy (non-hydrogen) atoms. The van der Waals surface area contributed by atoms with Crippen molar-refractivity contribution in [2.45, 2.75) is 73.0 Å². The highest BCUT2D eigenvalue weighted by molar-refractivity contribution is 8.01. The lowest BCUT2D eigenvalue weighted by Gasteiger charge is -2.15. The number of methoxy groups -OCH3 is 3. The molecule has 4 aromatic heterocycles. The van der Waals surface area contributed by atoms with Crippen LogP contribution in [0.3, 0.4) is 0 Å². The zero-order valence-electron chi connectivity index (χ0n) is 62.2. The van der Waals surface area contributed by atoms with Gasteiger partial charge in [-0.15, -0.1) is 0 Å². The number of hydrogen-bond acceptors (Lipinski definition) is 21. The monoisotopic (exact) mass is 2060 g/mol. The van der Waals surface area contributed by atoms with Gasteiger partial charge in [0.2, 0.25) is 0 Å². The van der Waals surface area contributed by atoms with Gasteiger partial charge < -0.3 is 35.5 Å². The number of alkyl halides is 23. The molecule has 1 atom stereocenters. The second kappa shape index (κ2) is 41.5. The smallest absolute Gasteiger partial charge is 0.476 e. The molecule has 5 N–H and O–H groups in total. The number of ether oxygens (including phenoxy) is 3. The van der Waals surface area contributed by atoms with E-state index in [2.05, 4.69) is 40.4 Å². The molecule has 0 aliphatic carbocycles. The number of nitriles is 4. The van der Waals surface area contributed by atoms with E-state index in [9.17, 15) is 131 Å². The molecule has 10 aromatic rings. The van der Waals surface area contributed by atoms with E-state index < -0.39 is 234 Å². The summed E-state index contributed by atoms with van der Waals surface area (Å²) in [5.74, 6) is -3.58. The number of nitrogen functional groups attached to an aromatic ring is 1. The Labute approximate surface area is 755 Å². The van der Waals surface area contributed by atoms with Crippen LogP contribution in [0.15, 0.2) is 121 Å². The lowest BCUT2D eigenvalue weighted by molar-refractivity contribution is -0.138. The number of amides is 1. The molecule has 0 fully saturated rings. The quantitative estimate of drug-likeness (QED) is 0.0332. The van der Waals surface area contributed by atoms with E-state index >= 15 is 0 Å². The number of halogens is 31. The molecule has 1 unspecified atom stereocenters. The number of aliphatic imine (C=N–C) groups is 2. The van der Waals surface area contributed by atoms with Gasteiger partial charge in [-0.25, -0.2) is 32.9 Å². The second-order valence-electron chi connectivity index (χ2n) is 23.8. The Hall–Kier alpha value is -10.5. The van der Waals surface area contributed by atoms with Crippen molar-refractivity contribution in [3.63, 3.8) is 0 Å². The molecule has 0 aliphatic heterocycles. The number of anilines is 2. The first-order valence-electron chi connectivity index (χ1n) is 32.6. The lowest BCUT2D eigenvalue weighted by Crippen LogP contribution is -2.20. The fourth-order valence-corrected chi connectivity index (χ4v) is 15.3. The number of benzene rings is 6. The number of phenols is 2. The maximum absolute atomic E-state index is 13.4. The first-order valence-corrected chi connectivity index (χ1v) is 39.2. The van der Waals surface area contributed by atoms with E-state index in [1.807, 2.05) is 0 Å². The van der Waals surface area contributed by atoms with Crippen LogP contribution in [0.4, 0.5) is 124 Å². The van der Waals surface area contributed by atoms with Gasteiger partial charge in [-0.1, -0.05) is 105 Å². The number of carbonyl (C=O) groups is 1. The molecule has 10 rings (SSSR count). The number of thioether (sulfide) groups is 3. The Kier molecular flexibility index (Phi) is 33.9. The highest BCUT2D eigenvalue weighted by Crippen LogP contribution is 2.51. The summed E-state index contributed by atoms with van der Waals surface area (Å²) in [6, 6.07) is 18.1.